The number of methoxy groups -OCH3 is 2. The van der Waals surface area contributed by atoms with Gasteiger partial charge in [-0.25, -0.2) is 18.0 Å². The van der Waals surface area contributed by atoms with E-state index in [1.54, 1.807) is 48.7 Å². The number of rotatable bonds is 11. The molecule has 0 bridgehead atoms. The number of fused-ring (bicyclic) bond motifs is 1. The Balaban J connectivity index is 1.39. The first-order chi connectivity index (χ1) is 23.6. The molecule has 0 unspecified atom stereocenters. The molecule has 4 N–H and O–H groups in total. The molecule has 2 aromatic heterocycles. The molecule has 0 atom stereocenters. The summed E-state index contributed by atoms with van der Waals surface area (Å²) in [7, 11) is -0.845. The van der Waals surface area contributed by atoms with Gasteiger partial charge in [0.15, 0.2) is 5.75 Å². The molecule has 0 aliphatic carbocycles. The lowest BCUT2D eigenvalue weighted by Crippen LogP contribution is -2.22. The van der Waals surface area contributed by atoms with Gasteiger partial charge >= 0.3 is 12.0 Å². The Bertz CT molecular complexity index is 2200. The van der Waals surface area contributed by atoms with E-state index in [2.05, 4.69) is 25.3 Å². The summed E-state index contributed by atoms with van der Waals surface area (Å²) >= 11 is 0. The van der Waals surface area contributed by atoms with Crippen LogP contribution in [0.5, 0.6) is 23.0 Å². The highest BCUT2D eigenvalue weighted by Gasteiger charge is 2.23. The maximum Gasteiger partial charge on any atom is 0.341 e. The van der Waals surface area contributed by atoms with E-state index in [-0.39, 0.29) is 33.9 Å². The number of benzene rings is 3. The Hall–Kier alpha value is -5.89. The van der Waals surface area contributed by atoms with Crippen LogP contribution in [0.3, 0.4) is 0 Å². The van der Waals surface area contributed by atoms with Crippen molar-refractivity contribution in [1.82, 2.24) is 9.97 Å². The van der Waals surface area contributed by atoms with Crippen molar-refractivity contribution in [3.8, 4) is 23.0 Å². The van der Waals surface area contributed by atoms with Gasteiger partial charge in [-0.1, -0.05) is 45.0 Å². The molecular weight excluding hydrogens is 662 g/mol. The lowest BCUT2D eigenvalue weighted by atomic mass is 9.86. The Kier molecular flexibility index (Phi) is 10.1. The van der Waals surface area contributed by atoms with Crippen LogP contribution in [0.1, 0.15) is 48.1 Å². The first-order valence-corrected chi connectivity index (χ1v) is 17.2. The van der Waals surface area contributed by atoms with Crippen molar-refractivity contribution < 1.29 is 37.3 Å². The third-order valence-corrected chi connectivity index (χ3v) is 8.18. The van der Waals surface area contributed by atoms with E-state index in [9.17, 15) is 23.1 Å². The van der Waals surface area contributed by atoms with Crippen molar-refractivity contribution in [2.75, 3.05) is 35.8 Å². The first-order valence-electron chi connectivity index (χ1n) is 15.3. The van der Waals surface area contributed by atoms with Gasteiger partial charge in [-0.2, -0.15) is 0 Å². The molecule has 0 fully saturated rings. The summed E-state index contributed by atoms with van der Waals surface area (Å²) in [6, 6.07) is 18.8. The number of aromatic carboxylic acids is 1. The molecule has 2 amide bonds. The van der Waals surface area contributed by atoms with E-state index >= 15 is 0 Å². The van der Waals surface area contributed by atoms with Crippen LogP contribution >= 0.6 is 0 Å². The first kappa shape index (κ1) is 35.4. The standard InChI is InChI=1S/C36H37N5O8S/c1-36(2,3)21-15-29(33(48-5)30(16-21)41-50(6,45)46)40-35(44)39-28-11-12-31(26-10-8-7-9-25(26)28)49-24-13-14-37-22(18-24)17-23-19-32(47-4)27(20-38-23)34(42)43/h7-16,18-20,41H,17H2,1-6H3,(H,42,43)(H2,39,40,44). The van der Waals surface area contributed by atoms with E-state index in [1.165, 1.54) is 20.4 Å². The fourth-order valence-electron chi connectivity index (χ4n) is 5.23. The molecule has 2 heterocycles. The van der Waals surface area contributed by atoms with Crippen LogP contribution in [0.15, 0.2) is 79.1 Å². The average molecular weight is 700 g/mol. The number of hydrogen-bond acceptors (Lipinski definition) is 9. The van der Waals surface area contributed by atoms with Crippen molar-refractivity contribution in [3.63, 3.8) is 0 Å². The summed E-state index contributed by atoms with van der Waals surface area (Å²) in [6.45, 7) is 5.92. The second-order valence-electron chi connectivity index (χ2n) is 12.4. The van der Waals surface area contributed by atoms with E-state index in [1.807, 2.05) is 45.0 Å². The third-order valence-electron chi connectivity index (χ3n) is 7.59. The number of carbonyl (C=O) groups excluding carboxylic acids is 1. The number of ether oxygens (including phenoxy) is 3. The number of carbonyl (C=O) groups is 2. The van der Waals surface area contributed by atoms with Gasteiger partial charge in [0.1, 0.15) is 22.8 Å². The van der Waals surface area contributed by atoms with Gasteiger partial charge in [0.2, 0.25) is 10.0 Å². The van der Waals surface area contributed by atoms with Crippen molar-refractivity contribution in [2.45, 2.75) is 32.6 Å². The quantitative estimate of drug-likeness (QED) is 0.112. The number of nitrogens with one attached hydrogen (secondary N) is 3. The minimum atomic E-state index is -3.64. The maximum atomic E-state index is 13.4. The van der Waals surface area contributed by atoms with Gasteiger partial charge in [-0.15, -0.1) is 0 Å². The van der Waals surface area contributed by atoms with E-state index < -0.39 is 22.0 Å². The van der Waals surface area contributed by atoms with Gasteiger partial charge in [-0.05, 0) is 41.3 Å². The van der Waals surface area contributed by atoms with Crippen LogP contribution in [-0.4, -0.2) is 56.0 Å². The Morgan fingerprint density at radius 1 is 0.820 bits per heavy atom. The molecule has 5 aromatic rings. The second kappa shape index (κ2) is 14.3. The van der Waals surface area contributed by atoms with Gasteiger partial charge in [0, 0.05) is 47.4 Å². The molecule has 0 aliphatic heterocycles. The van der Waals surface area contributed by atoms with Crippen molar-refractivity contribution in [2.24, 2.45) is 0 Å². The summed E-state index contributed by atoms with van der Waals surface area (Å²) in [4.78, 5) is 33.5. The average Bonchev–Trinajstić information content (AvgIpc) is 3.04. The number of sulfonamides is 1. The summed E-state index contributed by atoms with van der Waals surface area (Å²) in [6.07, 6.45) is 4.21. The van der Waals surface area contributed by atoms with Crippen molar-refractivity contribution in [1.29, 1.82) is 0 Å². The minimum Gasteiger partial charge on any atom is -0.496 e. The monoisotopic (exact) mass is 699 g/mol. The SMILES string of the molecule is COc1cc(Cc2cc(Oc3ccc(NC(=O)Nc4cc(C(C)(C)C)cc(NS(C)(=O)=O)c4OC)c4ccccc34)ccn2)ncc1C(=O)O. The fraction of sp³-hybridized carbons (Fsp3) is 0.222. The highest BCUT2D eigenvalue weighted by atomic mass is 32.2. The van der Waals surface area contributed by atoms with Gasteiger partial charge in [-0.3, -0.25) is 14.7 Å². The normalized spacial score (nSPS) is 11.5. The number of nitrogens with zero attached hydrogens (tertiary/aromatic N) is 2. The summed E-state index contributed by atoms with van der Waals surface area (Å²) in [5.74, 6) is 0.279. The highest BCUT2D eigenvalue weighted by molar-refractivity contribution is 7.92. The minimum absolute atomic E-state index is 0.0332. The van der Waals surface area contributed by atoms with Gasteiger partial charge in [0.05, 0.1) is 43.2 Å². The van der Waals surface area contributed by atoms with Crippen LogP contribution < -0.4 is 29.6 Å². The fourth-order valence-corrected chi connectivity index (χ4v) is 5.78. The summed E-state index contributed by atoms with van der Waals surface area (Å²) < 4.78 is 43.7. The van der Waals surface area contributed by atoms with Crippen molar-refractivity contribution >= 4 is 49.9 Å². The largest absolute Gasteiger partial charge is 0.496 e. The van der Waals surface area contributed by atoms with Crippen LogP contribution in [0.4, 0.5) is 21.9 Å². The summed E-state index contributed by atoms with van der Waals surface area (Å²) in [5, 5.41) is 16.5. The maximum absolute atomic E-state index is 13.4. The van der Waals surface area contributed by atoms with Crippen LogP contribution in [0.2, 0.25) is 0 Å². The zero-order valence-electron chi connectivity index (χ0n) is 28.3. The van der Waals surface area contributed by atoms with Gasteiger partial charge in [0.25, 0.3) is 0 Å². The zero-order chi connectivity index (χ0) is 36.2. The lowest BCUT2D eigenvalue weighted by Gasteiger charge is -2.24. The van der Waals surface area contributed by atoms with Gasteiger partial charge < -0.3 is 30.0 Å². The molecular formula is C36H37N5O8S. The second-order valence-corrected chi connectivity index (χ2v) is 14.2. The molecule has 3 aromatic carbocycles. The number of carboxylic acid groups (broad SMARTS) is 1. The Labute approximate surface area is 289 Å². The van der Waals surface area contributed by atoms with E-state index in [0.717, 1.165) is 17.2 Å². The number of pyridine rings is 2. The molecule has 13 nitrogen and oxygen atoms in total. The predicted octanol–water partition coefficient (Wildman–Crippen LogP) is 7.04. The number of aromatic nitrogens is 2. The predicted molar refractivity (Wildman–Crippen MR) is 192 cm³/mol. The molecule has 14 heteroatoms. The molecule has 0 saturated carbocycles. The Morgan fingerprint density at radius 2 is 1.50 bits per heavy atom. The molecule has 50 heavy (non-hydrogen) atoms. The lowest BCUT2D eigenvalue weighted by molar-refractivity contribution is 0.0692. The van der Waals surface area contributed by atoms with Crippen LogP contribution in [-0.2, 0) is 21.9 Å². The Morgan fingerprint density at radius 3 is 2.16 bits per heavy atom. The molecule has 5 rings (SSSR count). The van der Waals surface area contributed by atoms with Crippen LogP contribution in [0, 0.1) is 0 Å². The molecule has 0 aliphatic rings. The number of carboxylic acids is 1. The van der Waals surface area contributed by atoms with E-state index in [0.29, 0.717) is 40.4 Å². The van der Waals surface area contributed by atoms with E-state index in [4.69, 9.17) is 14.2 Å². The van der Waals surface area contributed by atoms with Crippen LogP contribution in [0.25, 0.3) is 10.8 Å². The summed E-state index contributed by atoms with van der Waals surface area (Å²) in [5.41, 5.74) is 2.58. The van der Waals surface area contributed by atoms with Crippen molar-refractivity contribution in [3.05, 3.63) is 102 Å². The molecule has 0 spiro atoms. The number of amides is 2. The number of urea groups is 1. The smallest absolute Gasteiger partial charge is 0.341 e. The highest BCUT2D eigenvalue weighted by Crippen LogP contribution is 2.40. The zero-order valence-corrected chi connectivity index (χ0v) is 29.1. The number of anilines is 3. The topological polar surface area (TPSA) is 178 Å². The number of hydrogen-bond donors (Lipinski definition) is 4. The molecule has 0 saturated heterocycles. The third kappa shape index (κ3) is 8.39. The molecule has 0 radical (unpaired) electrons. The molecule has 260 valence electrons.